The summed E-state index contributed by atoms with van der Waals surface area (Å²) < 4.78 is 7.95. The molecule has 4 heteroatoms. The Hall–Kier alpha value is -0.580. The molecule has 1 N–H and O–H groups in total. The fourth-order valence-corrected chi connectivity index (χ4v) is 2.97. The summed E-state index contributed by atoms with van der Waals surface area (Å²) in [6.45, 7) is 5.11. The Balaban J connectivity index is 2.12. The number of benzene rings is 1. The average Bonchev–Trinajstić information content (AvgIpc) is 2.84. The Kier molecular flexibility index (Phi) is 5.25. The van der Waals surface area contributed by atoms with Crippen LogP contribution in [0.3, 0.4) is 0 Å². The van der Waals surface area contributed by atoms with Gasteiger partial charge in [-0.05, 0) is 59.6 Å². The van der Waals surface area contributed by atoms with E-state index >= 15 is 0 Å². The lowest BCUT2D eigenvalue weighted by molar-refractivity contribution is 0.456. The molecule has 0 amide bonds. The van der Waals surface area contributed by atoms with E-state index < -0.39 is 0 Å². The first-order chi connectivity index (χ1) is 9.10. The third kappa shape index (κ3) is 3.94. The van der Waals surface area contributed by atoms with Gasteiger partial charge in [0.1, 0.15) is 11.5 Å². The largest absolute Gasteiger partial charge is 0.460 e. The molecule has 0 aliphatic carbocycles. The Morgan fingerprint density at radius 3 is 2.68 bits per heavy atom. The number of hydrogen-bond donors (Lipinski definition) is 1. The maximum absolute atomic E-state index is 5.88. The second-order valence-corrected chi connectivity index (χ2v) is 6.35. The van der Waals surface area contributed by atoms with E-state index in [1.54, 1.807) is 0 Å². The Morgan fingerprint density at radius 2 is 2.00 bits per heavy atom. The summed E-state index contributed by atoms with van der Waals surface area (Å²) in [6.07, 6.45) is 1.12. The molecule has 1 unspecified atom stereocenters. The van der Waals surface area contributed by atoms with Crippen molar-refractivity contribution in [3.8, 4) is 11.3 Å². The van der Waals surface area contributed by atoms with Crippen LogP contribution >= 0.6 is 31.9 Å². The Bertz CT molecular complexity index is 551. The fraction of sp³-hybridized carbons (Fsp3) is 0.333. The third-order valence-corrected chi connectivity index (χ3v) is 4.24. The second kappa shape index (κ2) is 6.73. The highest BCUT2D eigenvalue weighted by Crippen LogP contribution is 2.31. The normalized spacial score (nSPS) is 12.6. The summed E-state index contributed by atoms with van der Waals surface area (Å²) in [6, 6.07) is 10.6. The molecular weight excluding hydrogens is 370 g/mol. The van der Waals surface area contributed by atoms with Crippen molar-refractivity contribution in [2.75, 3.05) is 0 Å². The quantitative estimate of drug-likeness (QED) is 0.748. The number of nitrogens with one attached hydrogen (secondary N) is 1. The molecule has 2 rings (SSSR count). The van der Waals surface area contributed by atoms with Gasteiger partial charge >= 0.3 is 0 Å². The van der Waals surface area contributed by atoms with Crippen LogP contribution in [0.25, 0.3) is 11.3 Å². The van der Waals surface area contributed by atoms with Crippen LogP contribution in [0.2, 0.25) is 0 Å². The molecule has 0 spiro atoms. The Morgan fingerprint density at radius 1 is 1.21 bits per heavy atom. The van der Waals surface area contributed by atoms with Gasteiger partial charge in [0.05, 0.1) is 6.54 Å². The highest BCUT2D eigenvalue weighted by Gasteiger charge is 2.09. The molecule has 0 saturated carbocycles. The van der Waals surface area contributed by atoms with Crippen LogP contribution in [0.5, 0.6) is 0 Å². The minimum absolute atomic E-state index is 0.507. The van der Waals surface area contributed by atoms with Crippen molar-refractivity contribution in [3.63, 3.8) is 0 Å². The highest BCUT2D eigenvalue weighted by molar-refractivity contribution is 9.11. The molecule has 2 aromatic rings. The lowest BCUT2D eigenvalue weighted by atomic mass is 10.2. The number of halogens is 2. The van der Waals surface area contributed by atoms with E-state index in [1.807, 2.05) is 30.3 Å². The van der Waals surface area contributed by atoms with Crippen molar-refractivity contribution in [2.45, 2.75) is 32.9 Å². The van der Waals surface area contributed by atoms with Crippen LogP contribution in [0.1, 0.15) is 26.0 Å². The molecule has 0 aliphatic rings. The molecule has 1 aromatic carbocycles. The van der Waals surface area contributed by atoms with Gasteiger partial charge in [0, 0.05) is 20.6 Å². The summed E-state index contributed by atoms with van der Waals surface area (Å²) in [5, 5.41) is 3.42. The number of furan rings is 1. The number of rotatable bonds is 5. The van der Waals surface area contributed by atoms with E-state index in [2.05, 4.69) is 51.0 Å². The van der Waals surface area contributed by atoms with E-state index in [9.17, 15) is 0 Å². The monoisotopic (exact) mass is 385 g/mol. The summed E-state index contributed by atoms with van der Waals surface area (Å²) in [5.41, 5.74) is 1.07. The van der Waals surface area contributed by atoms with Crippen molar-refractivity contribution in [2.24, 2.45) is 0 Å². The third-order valence-electron chi connectivity index (χ3n) is 3.10. The molecule has 1 heterocycles. The van der Waals surface area contributed by atoms with Gasteiger partial charge in [-0.1, -0.05) is 22.9 Å². The first-order valence-electron chi connectivity index (χ1n) is 6.37. The zero-order chi connectivity index (χ0) is 13.8. The van der Waals surface area contributed by atoms with Crippen molar-refractivity contribution >= 4 is 31.9 Å². The predicted molar refractivity (Wildman–Crippen MR) is 86.1 cm³/mol. The SMILES string of the molecule is CCC(C)NCc1ccc(-c2ccc(Br)cc2Br)o1. The van der Waals surface area contributed by atoms with E-state index in [4.69, 9.17) is 4.42 Å². The lowest BCUT2D eigenvalue weighted by Gasteiger charge is -2.09. The van der Waals surface area contributed by atoms with Crippen molar-refractivity contribution in [1.29, 1.82) is 0 Å². The first-order valence-corrected chi connectivity index (χ1v) is 7.96. The van der Waals surface area contributed by atoms with Crippen LogP contribution < -0.4 is 5.32 Å². The molecule has 0 saturated heterocycles. The van der Waals surface area contributed by atoms with Crippen LogP contribution in [-0.4, -0.2) is 6.04 Å². The molecule has 0 radical (unpaired) electrons. The maximum Gasteiger partial charge on any atom is 0.135 e. The summed E-state index contributed by atoms with van der Waals surface area (Å²) in [4.78, 5) is 0. The predicted octanol–water partition coefficient (Wildman–Crippen LogP) is 5.36. The van der Waals surface area contributed by atoms with Crippen LogP contribution in [0, 0.1) is 0 Å². The summed E-state index contributed by atoms with van der Waals surface area (Å²) in [5.74, 6) is 1.85. The Labute approximate surface area is 130 Å². The van der Waals surface area contributed by atoms with E-state index in [1.165, 1.54) is 0 Å². The molecule has 19 heavy (non-hydrogen) atoms. The molecular formula is C15H17Br2NO. The van der Waals surface area contributed by atoms with Gasteiger partial charge < -0.3 is 9.73 Å². The van der Waals surface area contributed by atoms with E-state index in [0.29, 0.717) is 6.04 Å². The lowest BCUT2D eigenvalue weighted by Crippen LogP contribution is -2.24. The molecule has 1 aromatic heterocycles. The highest BCUT2D eigenvalue weighted by atomic mass is 79.9. The summed E-state index contributed by atoms with van der Waals surface area (Å²) >= 11 is 7.01. The molecule has 2 nitrogen and oxygen atoms in total. The molecule has 102 valence electrons. The van der Waals surface area contributed by atoms with Crippen molar-refractivity contribution in [3.05, 3.63) is 45.0 Å². The zero-order valence-electron chi connectivity index (χ0n) is 11.0. The van der Waals surface area contributed by atoms with Crippen LogP contribution in [0.15, 0.2) is 43.7 Å². The summed E-state index contributed by atoms with van der Waals surface area (Å²) in [7, 11) is 0. The van der Waals surface area contributed by atoms with Gasteiger partial charge in [0.15, 0.2) is 0 Å². The van der Waals surface area contributed by atoms with Gasteiger partial charge in [-0.15, -0.1) is 0 Å². The minimum atomic E-state index is 0.507. The minimum Gasteiger partial charge on any atom is -0.460 e. The van der Waals surface area contributed by atoms with Crippen molar-refractivity contribution in [1.82, 2.24) is 5.32 Å². The standard InChI is InChI=1S/C15H17Br2NO/c1-3-10(2)18-9-12-5-7-15(19-12)13-6-4-11(16)8-14(13)17/h4-8,10,18H,3,9H2,1-2H3. The van der Waals surface area contributed by atoms with E-state index in [-0.39, 0.29) is 0 Å². The van der Waals surface area contributed by atoms with Gasteiger partial charge in [-0.2, -0.15) is 0 Å². The fourth-order valence-electron chi connectivity index (χ4n) is 1.73. The van der Waals surface area contributed by atoms with Crippen molar-refractivity contribution < 1.29 is 4.42 Å². The molecule has 0 aliphatic heterocycles. The second-order valence-electron chi connectivity index (χ2n) is 4.58. The van der Waals surface area contributed by atoms with Gasteiger partial charge in [-0.25, -0.2) is 0 Å². The smallest absolute Gasteiger partial charge is 0.135 e. The van der Waals surface area contributed by atoms with E-state index in [0.717, 1.165) is 39.0 Å². The van der Waals surface area contributed by atoms with Crippen LogP contribution in [-0.2, 0) is 6.54 Å². The first kappa shape index (κ1) is 14.8. The van der Waals surface area contributed by atoms with Crippen LogP contribution in [0.4, 0.5) is 0 Å². The number of hydrogen-bond acceptors (Lipinski definition) is 2. The van der Waals surface area contributed by atoms with Gasteiger partial charge in [0.25, 0.3) is 0 Å². The average molecular weight is 387 g/mol. The maximum atomic E-state index is 5.88. The zero-order valence-corrected chi connectivity index (χ0v) is 14.2. The van der Waals surface area contributed by atoms with Gasteiger partial charge in [0.2, 0.25) is 0 Å². The topological polar surface area (TPSA) is 25.2 Å². The molecule has 0 bridgehead atoms. The van der Waals surface area contributed by atoms with Gasteiger partial charge in [-0.3, -0.25) is 0 Å². The molecule has 1 atom stereocenters. The molecule has 0 fully saturated rings.